The number of thioether (sulfide) groups is 1. The molecule has 0 aliphatic carbocycles. The van der Waals surface area contributed by atoms with Gasteiger partial charge < -0.3 is 5.32 Å². The highest BCUT2D eigenvalue weighted by molar-refractivity contribution is 7.98. The van der Waals surface area contributed by atoms with E-state index in [-0.39, 0.29) is 5.91 Å². The zero-order valence-electron chi connectivity index (χ0n) is 12.6. The standard InChI is InChI=1S/C18H20ClNOS/c1-14-5-7-15(8-6-14)13-22-10-9-20-18(21)12-16-3-2-4-17(19)11-16/h2-8,11H,9-10,12-13H2,1H3,(H,20,21). The zero-order chi connectivity index (χ0) is 15.8. The lowest BCUT2D eigenvalue weighted by Gasteiger charge is -2.06. The maximum atomic E-state index is 11.8. The molecule has 0 aliphatic rings. The minimum Gasteiger partial charge on any atom is -0.355 e. The Balaban J connectivity index is 1.62. The second kappa shape index (κ2) is 8.86. The molecule has 2 aromatic rings. The molecule has 1 N–H and O–H groups in total. The molecule has 0 aliphatic heterocycles. The van der Waals surface area contributed by atoms with Gasteiger partial charge in [-0.05, 0) is 30.2 Å². The minimum absolute atomic E-state index is 0.0400. The van der Waals surface area contributed by atoms with Gasteiger partial charge in [-0.1, -0.05) is 53.6 Å². The lowest BCUT2D eigenvalue weighted by molar-refractivity contribution is -0.120. The zero-order valence-corrected chi connectivity index (χ0v) is 14.2. The lowest BCUT2D eigenvalue weighted by Crippen LogP contribution is -2.27. The maximum absolute atomic E-state index is 11.8. The van der Waals surface area contributed by atoms with E-state index in [9.17, 15) is 4.79 Å². The van der Waals surface area contributed by atoms with Crippen molar-refractivity contribution in [1.82, 2.24) is 5.32 Å². The maximum Gasteiger partial charge on any atom is 0.224 e. The predicted molar refractivity (Wildman–Crippen MR) is 95.5 cm³/mol. The van der Waals surface area contributed by atoms with Crippen molar-refractivity contribution in [1.29, 1.82) is 0 Å². The fourth-order valence-corrected chi connectivity index (χ4v) is 3.06. The molecule has 1 amide bonds. The van der Waals surface area contributed by atoms with Crippen LogP contribution in [-0.2, 0) is 17.0 Å². The summed E-state index contributed by atoms with van der Waals surface area (Å²) in [7, 11) is 0. The van der Waals surface area contributed by atoms with Gasteiger partial charge in [-0.15, -0.1) is 0 Å². The third-order valence-corrected chi connectivity index (χ3v) is 4.48. The minimum atomic E-state index is 0.0400. The van der Waals surface area contributed by atoms with Crippen molar-refractivity contribution >= 4 is 29.3 Å². The van der Waals surface area contributed by atoms with E-state index in [1.807, 2.05) is 36.0 Å². The van der Waals surface area contributed by atoms with E-state index < -0.39 is 0 Å². The smallest absolute Gasteiger partial charge is 0.224 e. The number of hydrogen-bond acceptors (Lipinski definition) is 2. The van der Waals surface area contributed by atoms with Crippen LogP contribution in [-0.4, -0.2) is 18.2 Å². The first-order valence-electron chi connectivity index (χ1n) is 7.28. The van der Waals surface area contributed by atoms with Crippen molar-refractivity contribution < 1.29 is 4.79 Å². The van der Waals surface area contributed by atoms with Crippen LogP contribution in [0.1, 0.15) is 16.7 Å². The van der Waals surface area contributed by atoms with Gasteiger partial charge in [0.1, 0.15) is 0 Å². The number of hydrogen-bond donors (Lipinski definition) is 1. The number of aryl methyl sites for hydroxylation is 1. The molecule has 4 heteroatoms. The Hall–Kier alpha value is -1.45. The quantitative estimate of drug-likeness (QED) is 0.768. The highest BCUT2D eigenvalue weighted by Gasteiger charge is 2.03. The molecule has 0 saturated heterocycles. The molecule has 2 aromatic carbocycles. The van der Waals surface area contributed by atoms with Crippen LogP contribution in [0.4, 0.5) is 0 Å². The Morgan fingerprint density at radius 1 is 1.14 bits per heavy atom. The summed E-state index contributed by atoms with van der Waals surface area (Å²) >= 11 is 7.73. The van der Waals surface area contributed by atoms with Gasteiger partial charge >= 0.3 is 0 Å². The number of nitrogens with one attached hydrogen (secondary N) is 1. The van der Waals surface area contributed by atoms with E-state index in [0.29, 0.717) is 18.0 Å². The average Bonchev–Trinajstić information content (AvgIpc) is 2.49. The van der Waals surface area contributed by atoms with Crippen molar-refractivity contribution in [2.75, 3.05) is 12.3 Å². The summed E-state index contributed by atoms with van der Waals surface area (Å²) in [6, 6.07) is 16.0. The van der Waals surface area contributed by atoms with Gasteiger partial charge in [0, 0.05) is 23.1 Å². The average molecular weight is 334 g/mol. The van der Waals surface area contributed by atoms with E-state index in [1.165, 1.54) is 11.1 Å². The monoisotopic (exact) mass is 333 g/mol. The van der Waals surface area contributed by atoms with Crippen LogP contribution < -0.4 is 5.32 Å². The van der Waals surface area contributed by atoms with Gasteiger partial charge in [-0.2, -0.15) is 11.8 Å². The fourth-order valence-electron chi connectivity index (χ4n) is 2.03. The molecule has 0 atom stereocenters. The van der Waals surface area contributed by atoms with Gasteiger partial charge in [0.2, 0.25) is 5.91 Å². The van der Waals surface area contributed by atoms with Crippen LogP contribution in [0.5, 0.6) is 0 Å². The normalized spacial score (nSPS) is 10.5. The van der Waals surface area contributed by atoms with Crippen molar-refractivity contribution in [2.45, 2.75) is 19.1 Å². The third-order valence-electron chi connectivity index (χ3n) is 3.21. The Labute approximate surface area is 141 Å². The molecular weight excluding hydrogens is 314 g/mol. The second-order valence-electron chi connectivity index (χ2n) is 5.19. The molecule has 116 valence electrons. The molecule has 0 radical (unpaired) electrons. The third kappa shape index (κ3) is 6.12. The number of amides is 1. The topological polar surface area (TPSA) is 29.1 Å². The molecule has 0 heterocycles. The molecule has 2 nitrogen and oxygen atoms in total. The van der Waals surface area contributed by atoms with Crippen molar-refractivity contribution in [3.8, 4) is 0 Å². The summed E-state index contributed by atoms with van der Waals surface area (Å²) in [6.45, 7) is 2.78. The Morgan fingerprint density at radius 3 is 2.64 bits per heavy atom. The molecule has 0 saturated carbocycles. The first-order valence-corrected chi connectivity index (χ1v) is 8.81. The largest absolute Gasteiger partial charge is 0.355 e. The van der Waals surface area contributed by atoms with Crippen molar-refractivity contribution in [2.24, 2.45) is 0 Å². The Kier molecular flexibility index (Phi) is 6.81. The number of benzene rings is 2. The van der Waals surface area contributed by atoms with Gasteiger partial charge in [-0.25, -0.2) is 0 Å². The molecule has 0 aromatic heterocycles. The Bertz CT molecular complexity index is 613. The van der Waals surface area contributed by atoms with Gasteiger partial charge in [0.15, 0.2) is 0 Å². The van der Waals surface area contributed by atoms with Crippen LogP contribution >= 0.6 is 23.4 Å². The van der Waals surface area contributed by atoms with E-state index in [4.69, 9.17) is 11.6 Å². The van der Waals surface area contributed by atoms with Gasteiger partial charge in [0.25, 0.3) is 0 Å². The second-order valence-corrected chi connectivity index (χ2v) is 6.74. The summed E-state index contributed by atoms with van der Waals surface area (Å²) in [4.78, 5) is 11.8. The predicted octanol–water partition coefficient (Wildman–Crippen LogP) is 4.24. The highest BCUT2D eigenvalue weighted by Crippen LogP contribution is 2.13. The molecule has 22 heavy (non-hydrogen) atoms. The van der Waals surface area contributed by atoms with E-state index >= 15 is 0 Å². The Morgan fingerprint density at radius 2 is 1.91 bits per heavy atom. The molecule has 0 fully saturated rings. The molecule has 0 unspecified atom stereocenters. The first kappa shape index (κ1) is 16.9. The molecule has 0 spiro atoms. The summed E-state index contributed by atoms with van der Waals surface area (Å²) < 4.78 is 0. The summed E-state index contributed by atoms with van der Waals surface area (Å²) in [5.74, 6) is 1.93. The lowest BCUT2D eigenvalue weighted by atomic mass is 10.1. The highest BCUT2D eigenvalue weighted by atomic mass is 35.5. The first-order chi connectivity index (χ1) is 10.6. The van der Waals surface area contributed by atoms with Crippen LogP contribution in [0.3, 0.4) is 0 Å². The van der Waals surface area contributed by atoms with Crippen LogP contribution in [0.2, 0.25) is 5.02 Å². The van der Waals surface area contributed by atoms with Crippen LogP contribution in [0, 0.1) is 6.92 Å². The van der Waals surface area contributed by atoms with Gasteiger partial charge in [0.05, 0.1) is 6.42 Å². The van der Waals surface area contributed by atoms with E-state index in [2.05, 4.69) is 36.5 Å². The summed E-state index contributed by atoms with van der Waals surface area (Å²) in [5.41, 5.74) is 3.54. The van der Waals surface area contributed by atoms with E-state index in [1.54, 1.807) is 0 Å². The fraction of sp³-hybridized carbons (Fsp3) is 0.278. The molecule has 2 rings (SSSR count). The van der Waals surface area contributed by atoms with Gasteiger partial charge in [-0.3, -0.25) is 4.79 Å². The SMILES string of the molecule is Cc1ccc(CSCCNC(=O)Cc2cccc(Cl)c2)cc1. The van der Waals surface area contributed by atoms with Crippen LogP contribution in [0.25, 0.3) is 0 Å². The van der Waals surface area contributed by atoms with Crippen molar-refractivity contribution in [3.05, 3.63) is 70.2 Å². The number of carbonyl (C=O) groups excluding carboxylic acids is 1. The van der Waals surface area contributed by atoms with Crippen molar-refractivity contribution in [3.63, 3.8) is 0 Å². The number of halogens is 1. The van der Waals surface area contributed by atoms with E-state index in [0.717, 1.165) is 17.1 Å². The molecule has 0 bridgehead atoms. The number of carbonyl (C=O) groups is 1. The van der Waals surface area contributed by atoms with Crippen LogP contribution in [0.15, 0.2) is 48.5 Å². The summed E-state index contributed by atoms with van der Waals surface area (Å²) in [6.07, 6.45) is 0.378. The summed E-state index contributed by atoms with van der Waals surface area (Å²) in [5, 5.41) is 3.61. The number of rotatable bonds is 7. The molecular formula is C18H20ClNOS.